The summed E-state index contributed by atoms with van der Waals surface area (Å²) in [5.41, 5.74) is 0. The molecular weight excluding hydrogens is 220 g/mol. The molecule has 2 heteroatoms. The zero-order valence-corrected chi connectivity index (χ0v) is 12.8. The standard InChI is InChI=1S/C16H32N2/c1-5-16(14-6-7-14)18-10-13(4)8-15(11-18)17-9-12(2)3/h12-17H,5-11H2,1-4H3. The quantitative estimate of drug-likeness (QED) is 0.781. The maximum atomic E-state index is 3.78. The van der Waals surface area contributed by atoms with Gasteiger partial charge in [-0.15, -0.1) is 0 Å². The molecule has 0 radical (unpaired) electrons. The van der Waals surface area contributed by atoms with Gasteiger partial charge in [0.15, 0.2) is 0 Å². The minimum Gasteiger partial charge on any atom is -0.312 e. The normalized spacial score (nSPS) is 31.8. The van der Waals surface area contributed by atoms with Gasteiger partial charge in [0.1, 0.15) is 0 Å². The molecular formula is C16H32N2. The van der Waals surface area contributed by atoms with E-state index in [1.54, 1.807) is 0 Å². The Labute approximate surface area is 114 Å². The van der Waals surface area contributed by atoms with Crippen molar-refractivity contribution in [3.05, 3.63) is 0 Å². The molecule has 0 spiro atoms. The third-order valence-corrected chi connectivity index (χ3v) is 4.56. The Kier molecular flexibility index (Phi) is 5.08. The molecule has 1 heterocycles. The minimum absolute atomic E-state index is 0.726. The summed E-state index contributed by atoms with van der Waals surface area (Å²) in [5.74, 6) is 2.64. The Bertz CT molecular complexity index is 247. The van der Waals surface area contributed by atoms with Gasteiger partial charge >= 0.3 is 0 Å². The fourth-order valence-corrected chi connectivity index (χ4v) is 3.58. The van der Waals surface area contributed by atoms with Crippen molar-refractivity contribution >= 4 is 0 Å². The number of hydrogen-bond donors (Lipinski definition) is 1. The van der Waals surface area contributed by atoms with Crippen LogP contribution in [-0.4, -0.2) is 36.6 Å². The van der Waals surface area contributed by atoms with Crippen molar-refractivity contribution in [1.82, 2.24) is 10.2 Å². The van der Waals surface area contributed by atoms with Gasteiger partial charge in [0, 0.05) is 25.2 Å². The van der Waals surface area contributed by atoms with E-state index in [0.29, 0.717) is 0 Å². The summed E-state index contributed by atoms with van der Waals surface area (Å²) in [7, 11) is 0. The molecule has 2 fully saturated rings. The van der Waals surface area contributed by atoms with Crippen LogP contribution < -0.4 is 5.32 Å². The highest BCUT2D eigenvalue weighted by Gasteiger charge is 2.37. The summed E-state index contributed by atoms with van der Waals surface area (Å²) in [4.78, 5) is 2.80. The molecule has 2 aliphatic rings. The number of piperidine rings is 1. The lowest BCUT2D eigenvalue weighted by Crippen LogP contribution is -2.53. The Hall–Kier alpha value is -0.0800. The van der Waals surface area contributed by atoms with Gasteiger partial charge in [-0.05, 0) is 50.0 Å². The maximum absolute atomic E-state index is 3.78. The molecule has 0 aromatic carbocycles. The third kappa shape index (κ3) is 3.96. The highest BCUT2D eigenvalue weighted by molar-refractivity contribution is 4.92. The Morgan fingerprint density at radius 2 is 1.94 bits per heavy atom. The van der Waals surface area contributed by atoms with Crippen molar-refractivity contribution in [2.24, 2.45) is 17.8 Å². The fourth-order valence-electron chi connectivity index (χ4n) is 3.58. The predicted octanol–water partition coefficient (Wildman–Crippen LogP) is 3.13. The van der Waals surface area contributed by atoms with E-state index in [1.807, 2.05) is 0 Å². The number of likely N-dealkylation sites (tertiary alicyclic amines) is 1. The Morgan fingerprint density at radius 3 is 2.50 bits per heavy atom. The molecule has 106 valence electrons. The molecule has 0 bridgehead atoms. The van der Waals surface area contributed by atoms with Crippen LogP contribution in [0, 0.1) is 17.8 Å². The second-order valence-electron chi connectivity index (χ2n) is 7.11. The van der Waals surface area contributed by atoms with E-state index in [4.69, 9.17) is 0 Å². The van der Waals surface area contributed by atoms with Crippen LogP contribution >= 0.6 is 0 Å². The average Bonchev–Trinajstić information content (AvgIpc) is 3.11. The molecule has 1 N–H and O–H groups in total. The summed E-state index contributed by atoms with van der Waals surface area (Å²) in [6, 6.07) is 1.60. The lowest BCUT2D eigenvalue weighted by molar-refractivity contribution is 0.0888. The first-order valence-electron chi connectivity index (χ1n) is 8.07. The number of hydrogen-bond acceptors (Lipinski definition) is 2. The van der Waals surface area contributed by atoms with Gasteiger partial charge in [-0.3, -0.25) is 4.90 Å². The number of nitrogens with one attached hydrogen (secondary N) is 1. The highest BCUT2D eigenvalue weighted by atomic mass is 15.2. The van der Waals surface area contributed by atoms with Crippen LogP contribution in [-0.2, 0) is 0 Å². The summed E-state index contributed by atoms with van der Waals surface area (Å²) in [5, 5.41) is 3.78. The molecule has 2 nitrogen and oxygen atoms in total. The van der Waals surface area contributed by atoms with E-state index in [1.165, 1.54) is 45.3 Å². The van der Waals surface area contributed by atoms with Crippen LogP contribution in [0.3, 0.4) is 0 Å². The van der Waals surface area contributed by atoms with Gasteiger partial charge < -0.3 is 5.32 Å². The summed E-state index contributed by atoms with van der Waals surface area (Å²) >= 11 is 0. The molecule has 0 aromatic heterocycles. The molecule has 0 amide bonds. The molecule has 3 atom stereocenters. The summed E-state index contributed by atoms with van der Waals surface area (Å²) in [6.07, 6.45) is 5.67. The van der Waals surface area contributed by atoms with Gasteiger partial charge in [-0.1, -0.05) is 27.7 Å². The van der Waals surface area contributed by atoms with Crippen LogP contribution in [0.1, 0.15) is 53.4 Å². The van der Waals surface area contributed by atoms with E-state index in [0.717, 1.165) is 29.8 Å². The molecule has 1 aliphatic carbocycles. The van der Waals surface area contributed by atoms with Gasteiger partial charge in [-0.25, -0.2) is 0 Å². The molecule has 1 saturated heterocycles. The molecule has 18 heavy (non-hydrogen) atoms. The molecule has 3 unspecified atom stereocenters. The van der Waals surface area contributed by atoms with E-state index >= 15 is 0 Å². The van der Waals surface area contributed by atoms with E-state index < -0.39 is 0 Å². The molecule has 2 rings (SSSR count). The second kappa shape index (κ2) is 6.38. The Balaban J connectivity index is 1.86. The van der Waals surface area contributed by atoms with E-state index in [-0.39, 0.29) is 0 Å². The van der Waals surface area contributed by atoms with Crippen LogP contribution in [0.2, 0.25) is 0 Å². The van der Waals surface area contributed by atoms with E-state index in [9.17, 15) is 0 Å². The SMILES string of the molecule is CCC(C1CC1)N1CC(C)CC(NCC(C)C)C1. The first-order chi connectivity index (χ1) is 8.60. The zero-order valence-electron chi connectivity index (χ0n) is 12.8. The van der Waals surface area contributed by atoms with E-state index in [2.05, 4.69) is 37.9 Å². The first-order valence-corrected chi connectivity index (χ1v) is 8.07. The van der Waals surface area contributed by atoms with Crippen LogP contribution in [0.25, 0.3) is 0 Å². The summed E-state index contributed by atoms with van der Waals surface area (Å²) < 4.78 is 0. The second-order valence-corrected chi connectivity index (χ2v) is 7.11. The Morgan fingerprint density at radius 1 is 1.22 bits per heavy atom. The van der Waals surface area contributed by atoms with Crippen molar-refractivity contribution in [2.75, 3.05) is 19.6 Å². The predicted molar refractivity (Wildman–Crippen MR) is 78.8 cm³/mol. The van der Waals surface area contributed by atoms with Crippen molar-refractivity contribution in [2.45, 2.75) is 65.5 Å². The third-order valence-electron chi connectivity index (χ3n) is 4.56. The van der Waals surface area contributed by atoms with Crippen molar-refractivity contribution in [1.29, 1.82) is 0 Å². The summed E-state index contributed by atoms with van der Waals surface area (Å²) in [6.45, 7) is 13.2. The average molecular weight is 252 g/mol. The number of rotatable bonds is 6. The topological polar surface area (TPSA) is 15.3 Å². The largest absolute Gasteiger partial charge is 0.312 e. The zero-order chi connectivity index (χ0) is 13.1. The van der Waals surface area contributed by atoms with Crippen LogP contribution in [0.4, 0.5) is 0 Å². The molecule has 1 aliphatic heterocycles. The fraction of sp³-hybridized carbons (Fsp3) is 1.00. The smallest absolute Gasteiger partial charge is 0.0198 e. The van der Waals surface area contributed by atoms with Crippen molar-refractivity contribution < 1.29 is 0 Å². The highest BCUT2D eigenvalue weighted by Crippen LogP contribution is 2.38. The first kappa shape index (κ1) is 14.3. The number of nitrogens with zero attached hydrogens (tertiary/aromatic N) is 1. The van der Waals surface area contributed by atoms with Crippen LogP contribution in [0.5, 0.6) is 0 Å². The lowest BCUT2D eigenvalue weighted by atomic mass is 9.92. The maximum Gasteiger partial charge on any atom is 0.0198 e. The van der Waals surface area contributed by atoms with Gasteiger partial charge in [0.25, 0.3) is 0 Å². The van der Waals surface area contributed by atoms with Gasteiger partial charge in [-0.2, -0.15) is 0 Å². The van der Waals surface area contributed by atoms with Gasteiger partial charge in [0.2, 0.25) is 0 Å². The molecule has 0 aromatic rings. The van der Waals surface area contributed by atoms with Gasteiger partial charge in [0.05, 0.1) is 0 Å². The molecule has 1 saturated carbocycles. The monoisotopic (exact) mass is 252 g/mol. The lowest BCUT2D eigenvalue weighted by Gasteiger charge is -2.41. The van der Waals surface area contributed by atoms with Crippen molar-refractivity contribution in [3.8, 4) is 0 Å². The minimum atomic E-state index is 0.726. The van der Waals surface area contributed by atoms with Crippen molar-refractivity contribution in [3.63, 3.8) is 0 Å². The van der Waals surface area contributed by atoms with Crippen LogP contribution in [0.15, 0.2) is 0 Å².